The molecule has 1 amide bonds. The van der Waals surface area contributed by atoms with Crippen molar-refractivity contribution in [2.45, 2.75) is 31.2 Å². The van der Waals surface area contributed by atoms with E-state index in [1.807, 2.05) is 24.3 Å². The number of likely N-dealkylation sites (N-methyl/N-ethyl adjacent to an activating group) is 1. The highest BCUT2D eigenvalue weighted by Crippen LogP contribution is 2.44. The Morgan fingerprint density at radius 3 is 2.72 bits per heavy atom. The number of nitrogens with two attached hydrogens (primary N) is 1. The van der Waals surface area contributed by atoms with Crippen molar-refractivity contribution in [1.29, 1.82) is 0 Å². The molecule has 4 nitrogen and oxygen atoms in total. The Kier molecular flexibility index (Phi) is 3.97. The second kappa shape index (κ2) is 6.04. The normalized spacial score (nSPS) is 22.5. The lowest BCUT2D eigenvalue weighted by molar-refractivity contribution is 0.1000. The minimum Gasteiger partial charge on any atom is -0.506 e. The first-order valence-electron chi connectivity index (χ1n) is 8.60. The minimum atomic E-state index is -0.411. The highest BCUT2D eigenvalue weighted by Gasteiger charge is 2.37. The number of fused-ring (bicyclic) bond motifs is 5. The highest BCUT2D eigenvalue weighted by atomic mass is 35.5. The van der Waals surface area contributed by atoms with Crippen molar-refractivity contribution in [2.75, 3.05) is 13.6 Å². The number of phenolic OH excluding ortho intramolecular Hbond substituents is 1. The number of halogens is 1. The number of rotatable bonds is 1. The van der Waals surface area contributed by atoms with Crippen molar-refractivity contribution in [2.24, 2.45) is 5.73 Å². The SMILES string of the molecule is CN1CCc2cc(Cl)c(O)cc2[C@H]2c3cc(C(N)=O)ccc3CC[C@@H]21. The van der Waals surface area contributed by atoms with Gasteiger partial charge in [-0.1, -0.05) is 17.7 Å². The van der Waals surface area contributed by atoms with Gasteiger partial charge in [0.2, 0.25) is 5.91 Å². The van der Waals surface area contributed by atoms with Gasteiger partial charge in [0, 0.05) is 24.1 Å². The standard InChI is InChI=1S/C20H21ClN2O2/c1-23-7-6-12-9-16(21)18(24)10-15(12)19-14-8-13(20(22)25)3-2-11(14)4-5-17(19)23/h2-3,8-10,17,19,24H,4-7H2,1H3,(H2,22,25)/t17-,19+/m0/s1. The first-order chi connectivity index (χ1) is 12.0. The Labute approximate surface area is 152 Å². The molecule has 0 saturated carbocycles. The summed E-state index contributed by atoms with van der Waals surface area (Å²) < 4.78 is 0. The molecule has 2 aromatic rings. The van der Waals surface area contributed by atoms with E-state index in [9.17, 15) is 9.90 Å². The summed E-state index contributed by atoms with van der Waals surface area (Å²) >= 11 is 6.15. The zero-order chi connectivity index (χ0) is 17.7. The Morgan fingerprint density at radius 2 is 1.96 bits per heavy atom. The molecule has 3 N–H and O–H groups in total. The van der Waals surface area contributed by atoms with Crippen LogP contribution in [0, 0.1) is 0 Å². The van der Waals surface area contributed by atoms with Crippen molar-refractivity contribution in [3.8, 4) is 5.75 Å². The van der Waals surface area contributed by atoms with Crippen LogP contribution in [0.3, 0.4) is 0 Å². The number of carbonyl (C=O) groups excluding carboxylic acids is 1. The molecule has 0 bridgehead atoms. The average molecular weight is 357 g/mol. The lowest BCUT2D eigenvalue weighted by atomic mass is 9.74. The number of aryl methyl sites for hydroxylation is 1. The van der Waals surface area contributed by atoms with Crippen LogP contribution < -0.4 is 5.73 Å². The molecule has 2 aromatic carbocycles. The van der Waals surface area contributed by atoms with Crippen LogP contribution in [0.5, 0.6) is 5.75 Å². The fourth-order valence-corrected chi connectivity index (χ4v) is 4.57. The zero-order valence-electron chi connectivity index (χ0n) is 14.1. The van der Waals surface area contributed by atoms with Crippen molar-refractivity contribution in [3.63, 3.8) is 0 Å². The minimum absolute atomic E-state index is 0.105. The molecule has 0 spiro atoms. The topological polar surface area (TPSA) is 66.6 Å². The van der Waals surface area contributed by atoms with E-state index in [1.54, 1.807) is 6.07 Å². The lowest BCUT2D eigenvalue weighted by Crippen LogP contribution is -2.39. The summed E-state index contributed by atoms with van der Waals surface area (Å²) in [6, 6.07) is 9.78. The van der Waals surface area contributed by atoms with Crippen LogP contribution in [0.1, 0.15) is 45.0 Å². The number of nitrogens with zero attached hydrogens (tertiary/aromatic N) is 1. The molecule has 0 radical (unpaired) electrons. The van der Waals surface area contributed by atoms with Gasteiger partial charge in [-0.2, -0.15) is 0 Å². The molecule has 0 fully saturated rings. The van der Waals surface area contributed by atoms with E-state index in [-0.39, 0.29) is 11.7 Å². The number of benzene rings is 2. The molecule has 2 aliphatic rings. The number of amides is 1. The summed E-state index contributed by atoms with van der Waals surface area (Å²) in [4.78, 5) is 14.1. The van der Waals surface area contributed by atoms with Gasteiger partial charge in [0.25, 0.3) is 0 Å². The van der Waals surface area contributed by atoms with Gasteiger partial charge in [-0.05, 0) is 72.8 Å². The number of hydrogen-bond acceptors (Lipinski definition) is 3. The van der Waals surface area contributed by atoms with Crippen LogP contribution >= 0.6 is 11.6 Å². The predicted octanol–water partition coefficient (Wildman–Crippen LogP) is 3.08. The van der Waals surface area contributed by atoms with Crippen LogP contribution in [0.15, 0.2) is 30.3 Å². The maximum absolute atomic E-state index is 11.7. The fraction of sp³-hybridized carbons (Fsp3) is 0.350. The van der Waals surface area contributed by atoms with E-state index in [2.05, 4.69) is 11.9 Å². The van der Waals surface area contributed by atoms with Gasteiger partial charge in [0.1, 0.15) is 5.75 Å². The lowest BCUT2D eigenvalue weighted by Gasteiger charge is -2.38. The van der Waals surface area contributed by atoms with Gasteiger partial charge in [-0.3, -0.25) is 4.79 Å². The van der Waals surface area contributed by atoms with Crippen molar-refractivity contribution < 1.29 is 9.90 Å². The van der Waals surface area contributed by atoms with E-state index in [1.165, 1.54) is 11.1 Å². The summed E-state index contributed by atoms with van der Waals surface area (Å²) in [5.41, 5.74) is 10.7. The first-order valence-corrected chi connectivity index (χ1v) is 8.97. The van der Waals surface area contributed by atoms with Crippen LogP contribution in [-0.4, -0.2) is 35.5 Å². The van der Waals surface area contributed by atoms with Gasteiger partial charge in [-0.25, -0.2) is 0 Å². The van der Waals surface area contributed by atoms with Gasteiger partial charge < -0.3 is 15.7 Å². The average Bonchev–Trinajstić information content (AvgIpc) is 2.73. The smallest absolute Gasteiger partial charge is 0.248 e. The maximum atomic E-state index is 11.7. The van der Waals surface area contributed by atoms with E-state index in [0.29, 0.717) is 16.6 Å². The Bertz CT molecular complexity index is 865. The third kappa shape index (κ3) is 2.70. The van der Waals surface area contributed by atoms with Crippen molar-refractivity contribution in [1.82, 2.24) is 4.90 Å². The number of phenols is 1. The second-order valence-corrected chi connectivity index (χ2v) is 7.50. The highest BCUT2D eigenvalue weighted by molar-refractivity contribution is 6.32. The summed E-state index contributed by atoms with van der Waals surface area (Å²) in [6.45, 7) is 0.945. The van der Waals surface area contributed by atoms with Crippen molar-refractivity contribution >= 4 is 17.5 Å². The molecule has 1 heterocycles. The largest absolute Gasteiger partial charge is 0.506 e. The summed E-state index contributed by atoms with van der Waals surface area (Å²) in [5, 5.41) is 10.6. The van der Waals surface area contributed by atoms with Gasteiger partial charge >= 0.3 is 0 Å². The predicted molar refractivity (Wildman–Crippen MR) is 98.4 cm³/mol. The fourth-order valence-electron chi connectivity index (χ4n) is 4.38. The van der Waals surface area contributed by atoms with Crippen LogP contribution in [-0.2, 0) is 12.8 Å². The molecule has 0 saturated heterocycles. The number of aromatic hydroxyl groups is 1. The Balaban J connectivity index is 1.95. The van der Waals surface area contributed by atoms with Gasteiger partial charge in [-0.15, -0.1) is 0 Å². The number of primary amides is 1. The third-order valence-corrected chi connectivity index (χ3v) is 6.01. The van der Waals surface area contributed by atoms with E-state index >= 15 is 0 Å². The molecule has 2 atom stereocenters. The van der Waals surface area contributed by atoms with Gasteiger partial charge in [0.05, 0.1) is 5.02 Å². The van der Waals surface area contributed by atoms with Crippen LogP contribution in [0.4, 0.5) is 0 Å². The molecule has 1 aliphatic carbocycles. The van der Waals surface area contributed by atoms with Gasteiger partial charge in [0.15, 0.2) is 0 Å². The molecule has 5 heteroatoms. The summed E-state index contributed by atoms with van der Waals surface area (Å²) in [7, 11) is 2.15. The first kappa shape index (κ1) is 16.4. The van der Waals surface area contributed by atoms with E-state index in [0.717, 1.165) is 36.9 Å². The molecule has 0 unspecified atom stereocenters. The number of carbonyl (C=O) groups is 1. The Hall–Kier alpha value is -2.04. The monoisotopic (exact) mass is 356 g/mol. The summed E-state index contributed by atoms with van der Waals surface area (Å²) in [5.74, 6) is -0.193. The molecular formula is C20H21ClN2O2. The third-order valence-electron chi connectivity index (χ3n) is 5.70. The molecule has 4 rings (SSSR count). The molecule has 1 aliphatic heterocycles. The molecule has 130 valence electrons. The second-order valence-electron chi connectivity index (χ2n) is 7.09. The quantitative estimate of drug-likeness (QED) is 0.825. The maximum Gasteiger partial charge on any atom is 0.248 e. The molecular weight excluding hydrogens is 336 g/mol. The van der Waals surface area contributed by atoms with Crippen LogP contribution in [0.25, 0.3) is 0 Å². The molecule has 25 heavy (non-hydrogen) atoms. The van der Waals surface area contributed by atoms with E-state index in [4.69, 9.17) is 17.3 Å². The van der Waals surface area contributed by atoms with Crippen LogP contribution in [0.2, 0.25) is 5.02 Å². The number of hydrogen-bond donors (Lipinski definition) is 2. The van der Waals surface area contributed by atoms with Crippen molar-refractivity contribution in [3.05, 3.63) is 63.2 Å². The molecule has 0 aromatic heterocycles. The van der Waals surface area contributed by atoms with E-state index < -0.39 is 5.91 Å². The zero-order valence-corrected chi connectivity index (χ0v) is 14.9. The summed E-state index contributed by atoms with van der Waals surface area (Å²) in [6.07, 6.45) is 2.92. The Morgan fingerprint density at radius 1 is 1.20 bits per heavy atom.